The standard InChI is InChI=1S/C18H18BrFN2O3/c1-2-25-15-6-3-12(4-7-15)18(24)22-11-17(23)21-10-13-9-14(20)5-8-16(13)19/h3-9H,2,10-11H2,1H3,(H,21,23)(H,22,24). The Labute approximate surface area is 153 Å². The molecular weight excluding hydrogens is 391 g/mol. The van der Waals surface area contributed by atoms with Crippen molar-refractivity contribution >= 4 is 27.7 Å². The maximum absolute atomic E-state index is 13.2. The lowest BCUT2D eigenvalue weighted by molar-refractivity contribution is -0.120. The predicted molar refractivity (Wildman–Crippen MR) is 95.9 cm³/mol. The molecule has 0 radical (unpaired) electrons. The third-order valence-electron chi connectivity index (χ3n) is 3.32. The second kappa shape index (κ2) is 9.17. The highest BCUT2D eigenvalue weighted by Crippen LogP contribution is 2.17. The number of benzene rings is 2. The minimum absolute atomic E-state index is 0.163. The summed E-state index contributed by atoms with van der Waals surface area (Å²) in [5.74, 6) is -0.422. The monoisotopic (exact) mass is 408 g/mol. The fraction of sp³-hybridized carbons (Fsp3) is 0.222. The molecule has 0 bridgehead atoms. The number of rotatable bonds is 7. The van der Waals surface area contributed by atoms with E-state index in [0.717, 1.165) is 0 Å². The molecule has 0 spiro atoms. The lowest BCUT2D eigenvalue weighted by Crippen LogP contribution is -2.36. The molecule has 0 unspecified atom stereocenters. The molecule has 25 heavy (non-hydrogen) atoms. The van der Waals surface area contributed by atoms with E-state index in [1.54, 1.807) is 30.3 Å². The summed E-state index contributed by atoms with van der Waals surface area (Å²) in [6, 6.07) is 10.9. The van der Waals surface area contributed by atoms with E-state index >= 15 is 0 Å². The van der Waals surface area contributed by atoms with Crippen LogP contribution in [0, 0.1) is 5.82 Å². The zero-order valence-corrected chi connectivity index (χ0v) is 15.2. The number of ether oxygens (including phenoxy) is 1. The number of carbonyl (C=O) groups is 2. The Hall–Kier alpha value is -2.41. The van der Waals surface area contributed by atoms with Crippen molar-refractivity contribution in [3.63, 3.8) is 0 Å². The van der Waals surface area contributed by atoms with Crippen molar-refractivity contribution in [3.8, 4) is 5.75 Å². The van der Waals surface area contributed by atoms with Crippen molar-refractivity contribution in [1.82, 2.24) is 10.6 Å². The number of hydrogen-bond donors (Lipinski definition) is 2. The van der Waals surface area contributed by atoms with Crippen LogP contribution in [0.4, 0.5) is 4.39 Å². The van der Waals surface area contributed by atoms with Gasteiger partial charge < -0.3 is 15.4 Å². The first-order valence-corrected chi connectivity index (χ1v) is 8.50. The Balaban J connectivity index is 1.81. The molecule has 0 aliphatic heterocycles. The third-order valence-corrected chi connectivity index (χ3v) is 4.09. The first-order chi connectivity index (χ1) is 12.0. The molecule has 0 heterocycles. The molecule has 0 atom stereocenters. The van der Waals surface area contributed by atoms with Crippen molar-refractivity contribution in [3.05, 3.63) is 63.9 Å². The van der Waals surface area contributed by atoms with Crippen LogP contribution in [-0.2, 0) is 11.3 Å². The summed E-state index contributed by atoms with van der Waals surface area (Å²) in [6.45, 7) is 2.42. The van der Waals surface area contributed by atoms with Gasteiger partial charge in [0.2, 0.25) is 5.91 Å². The van der Waals surface area contributed by atoms with E-state index in [2.05, 4.69) is 26.6 Å². The van der Waals surface area contributed by atoms with Crippen molar-refractivity contribution in [1.29, 1.82) is 0 Å². The van der Waals surface area contributed by atoms with Crippen LogP contribution in [0.25, 0.3) is 0 Å². The van der Waals surface area contributed by atoms with E-state index in [4.69, 9.17) is 4.74 Å². The Morgan fingerprint density at radius 3 is 2.52 bits per heavy atom. The third kappa shape index (κ3) is 5.86. The fourth-order valence-corrected chi connectivity index (χ4v) is 2.45. The molecule has 5 nitrogen and oxygen atoms in total. The topological polar surface area (TPSA) is 67.4 Å². The number of halogens is 2. The quantitative estimate of drug-likeness (QED) is 0.739. The van der Waals surface area contributed by atoms with Gasteiger partial charge in [0.05, 0.1) is 13.2 Å². The molecule has 0 aliphatic carbocycles. The summed E-state index contributed by atoms with van der Waals surface area (Å²) < 4.78 is 19.2. The van der Waals surface area contributed by atoms with Crippen LogP contribution in [0.1, 0.15) is 22.8 Å². The lowest BCUT2D eigenvalue weighted by Gasteiger charge is -2.09. The molecule has 132 valence electrons. The largest absolute Gasteiger partial charge is 0.494 e. The van der Waals surface area contributed by atoms with Gasteiger partial charge in [-0.05, 0) is 55.0 Å². The molecular formula is C18H18BrFN2O3. The second-order valence-electron chi connectivity index (χ2n) is 5.15. The minimum Gasteiger partial charge on any atom is -0.494 e. The first kappa shape index (κ1) is 18.9. The van der Waals surface area contributed by atoms with Gasteiger partial charge in [-0.2, -0.15) is 0 Å². The summed E-state index contributed by atoms with van der Waals surface area (Å²) >= 11 is 3.29. The van der Waals surface area contributed by atoms with E-state index < -0.39 is 0 Å². The highest BCUT2D eigenvalue weighted by molar-refractivity contribution is 9.10. The molecule has 0 aromatic heterocycles. The van der Waals surface area contributed by atoms with Crippen molar-refractivity contribution in [2.75, 3.05) is 13.2 Å². The lowest BCUT2D eigenvalue weighted by atomic mass is 10.2. The van der Waals surface area contributed by atoms with Crippen molar-refractivity contribution in [2.45, 2.75) is 13.5 Å². The van der Waals surface area contributed by atoms with Gasteiger partial charge >= 0.3 is 0 Å². The molecule has 0 fully saturated rings. The number of hydrogen-bond acceptors (Lipinski definition) is 3. The molecule has 0 saturated heterocycles. The summed E-state index contributed by atoms with van der Waals surface area (Å²) in [4.78, 5) is 23.8. The number of amides is 2. The van der Waals surface area contributed by atoms with E-state index in [1.165, 1.54) is 12.1 Å². The minimum atomic E-state index is -0.378. The molecule has 2 rings (SSSR count). The van der Waals surface area contributed by atoms with Crippen LogP contribution < -0.4 is 15.4 Å². The van der Waals surface area contributed by atoms with Gasteiger partial charge in [0.15, 0.2) is 0 Å². The SMILES string of the molecule is CCOc1ccc(C(=O)NCC(=O)NCc2cc(F)ccc2Br)cc1. The number of carbonyl (C=O) groups excluding carboxylic acids is 2. The zero-order chi connectivity index (χ0) is 18.2. The Morgan fingerprint density at radius 2 is 1.84 bits per heavy atom. The molecule has 2 aromatic carbocycles. The van der Waals surface area contributed by atoms with E-state index in [1.807, 2.05) is 6.92 Å². The van der Waals surface area contributed by atoms with Gasteiger partial charge in [0, 0.05) is 16.6 Å². The molecule has 2 amide bonds. The predicted octanol–water partition coefficient (Wildman–Crippen LogP) is 3.03. The zero-order valence-electron chi connectivity index (χ0n) is 13.6. The fourth-order valence-electron chi connectivity index (χ4n) is 2.07. The average molecular weight is 409 g/mol. The normalized spacial score (nSPS) is 10.2. The molecule has 2 N–H and O–H groups in total. The maximum atomic E-state index is 13.2. The Morgan fingerprint density at radius 1 is 1.12 bits per heavy atom. The molecule has 0 saturated carbocycles. The van der Waals surface area contributed by atoms with Crippen molar-refractivity contribution in [2.24, 2.45) is 0 Å². The smallest absolute Gasteiger partial charge is 0.251 e. The van der Waals surface area contributed by atoms with Gasteiger partial charge in [0.1, 0.15) is 11.6 Å². The highest BCUT2D eigenvalue weighted by atomic mass is 79.9. The van der Waals surface area contributed by atoms with Gasteiger partial charge in [-0.3, -0.25) is 9.59 Å². The highest BCUT2D eigenvalue weighted by Gasteiger charge is 2.09. The van der Waals surface area contributed by atoms with Gasteiger partial charge in [-0.25, -0.2) is 4.39 Å². The van der Waals surface area contributed by atoms with Crippen LogP contribution in [0.15, 0.2) is 46.9 Å². The summed E-state index contributed by atoms with van der Waals surface area (Å²) in [7, 11) is 0. The Kier molecular flexibility index (Phi) is 6.94. The molecule has 2 aromatic rings. The van der Waals surface area contributed by atoms with Crippen LogP contribution in [0.5, 0.6) is 5.75 Å². The summed E-state index contributed by atoms with van der Waals surface area (Å²) in [6.07, 6.45) is 0. The van der Waals surface area contributed by atoms with Gasteiger partial charge in [-0.15, -0.1) is 0 Å². The van der Waals surface area contributed by atoms with Gasteiger partial charge in [0.25, 0.3) is 5.91 Å². The Bertz CT molecular complexity index is 750. The molecule has 7 heteroatoms. The molecule has 0 aliphatic rings. The van der Waals surface area contributed by atoms with Crippen LogP contribution in [0.2, 0.25) is 0 Å². The van der Waals surface area contributed by atoms with E-state index in [0.29, 0.717) is 28.0 Å². The van der Waals surface area contributed by atoms with Crippen LogP contribution >= 0.6 is 15.9 Å². The maximum Gasteiger partial charge on any atom is 0.251 e. The van der Waals surface area contributed by atoms with Crippen LogP contribution in [0.3, 0.4) is 0 Å². The van der Waals surface area contributed by atoms with Crippen molar-refractivity contribution < 1.29 is 18.7 Å². The van der Waals surface area contributed by atoms with Crippen LogP contribution in [-0.4, -0.2) is 25.0 Å². The van der Waals surface area contributed by atoms with Gasteiger partial charge in [-0.1, -0.05) is 15.9 Å². The summed E-state index contributed by atoms with van der Waals surface area (Å²) in [5.41, 5.74) is 1.05. The first-order valence-electron chi connectivity index (χ1n) is 7.71. The second-order valence-corrected chi connectivity index (χ2v) is 6.01. The number of nitrogens with one attached hydrogen (secondary N) is 2. The summed E-state index contributed by atoms with van der Waals surface area (Å²) in [5, 5.41) is 5.16. The van der Waals surface area contributed by atoms with E-state index in [-0.39, 0.29) is 30.7 Å². The average Bonchev–Trinajstić information content (AvgIpc) is 2.61. The van der Waals surface area contributed by atoms with E-state index in [9.17, 15) is 14.0 Å².